The van der Waals surface area contributed by atoms with E-state index in [0.29, 0.717) is 6.04 Å². The van der Waals surface area contributed by atoms with Gasteiger partial charge in [0.2, 0.25) is 0 Å². The summed E-state index contributed by atoms with van der Waals surface area (Å²) >= 11 is 3.50. The first-order valence-corrected chi connectivity index (χ1v) is 7.51. The first kappa shape index (κ1) is 14.5. The second-order valence-electron chi connectivity index (χ2n) is 5.08. The number of ether oxygens (including phenoxy) is 1. The lowest BCUT2D eigenvalue weighted by Crippen LogP contribution is -2.49. The van der Waals surface area contributed by atoms with E-state index in [-0.39, 0.29) is 11.9 Å². The van der Waals surface area contributed by atoms with E-state index in [1.807, 2.05) is 18.2 Å². The van der Waals surface area contributed by atoms with E-state index in [0.717, 1.165) is 35.3 Å². The number of nitrogens with zero attached hydrogens (tertiary/aromatic N) is 1. The fourth-order valence-electron chi connectivity index (χ4n) is 2.52. The Morgan fingerprint density at radius 3 is 2.89 bits per heavy atom. The van der Waals surface area contributed by atoms with Crippen LogP contribution in [-0.4, -0.2) is 31.1 Å². The minimum Gasteiger partial charge on any atom is -0.375 e. The summed E-state index contributed by atoms with van der Waals surface area (Å²) in [6.45, 7) is 7.40. The van der Waals surface area contributed by atoms with Crippen molar-refractivity contribution in [3.05, 3.63) is 28.2 Å². The molecule has 1 fully saturated rings. The van der Waals surface area contributed by atoms with E-state index in [1.165, 1.54) is 0 Å². The minimum absolute atomic E-state index is 0.108. The zero-order chi connectivity index (χ0) is 14.0. The van der Waals surface area contributed by atoms with Crippen molar-refractivity contribution in [3.8, 4) is 0 Å². The smallest absolute Gasteiger partial charge is 0.161 e. The Balaban J connectivity index is 2.42. The Bertz CT molecular complexity index is 475. The lowest BCUT2D eigenvalue weighted by Gasteiger charge is -2.40. The largest absolute Gasteiger partial charge is 0.375 e. The van der Waals surface area contributed by atoms with E-state index in [1.54, 1.807) is 6.92 Å². The van der Waals surface area contributed by atoms with Crippen LogP contribution in [0.4, 0.5) is 5.69 Å². The highest BCUT2D eigenvalue weighted by molar-refractivity contribution is 9.10. The highest BCUT2D eigenvalue weighted by Crippen LogP contribution is 2.30. The molecular weight excluding hydrogens is 306 g/mol. The van der Waals surface area contributed by atoms with Crippen LogP contribution in [-0.2, 0) is 4.74 Å². The lowest BCUT2D eigenvalue weighted by molar-refractivity contribution is 0.0298. The quantitative estimate of drug-likeness (QED) is 0.794. The van der Waals surface area contributed by atoms with Crippen molar-refractivity contribution in [2.24, 2.45) is 0 Å². The minimum atomic E-state index is 0.108. The number of morpholine rings is 1. The van der Waals surface area contributed by atoms with Gasteiger partial charge in [0.25, 0.3) is 0 Å². The predicted molar refractivity (Wildman–Crippen MR) is 81.0 cm³/mol. The van der Waals surface area contributed by atoms with Crippen LogP contribution in [0.15, 0.2) is 22.7 Å². The van der Waals surface area contributed by atoms with Gasteiger partial charge in [0.05, 0.1) is 18.8 Å². The maximum Gasteiger partial charge on any atom is 0.161 e. The summed E-state index contributed by atoms with van der Waals surface area (Å²) in [6.07, 6.45) is 1.21. The van der Waals surface area contributed by atoms with Crippen molar-refractivity contribution in [3.63, 3.8) is 0 Å². The number of carbonyl (C=O) groups excluding carboxylic acids is 1. The maximum atomic E-state index is 11.8. The molecule has 2 unspecified atom stereocenters. The van der Waals surface area contributed by atoms with Gasteiger partial charge in [-0.05, 0) is 38.5 Å². The van der Waals surface area contributed by atoms with Crippen LogP contribution in [0.2, 0.25) is 0 Å². The van der Waals surface area contributed by atoms with E-state index in [9.17, 15) is 4.79 Å². The summed E-state index contributed by atoms with van der Waals surface area (Å²) in [6, 6.07) is 6.19. The molecule has 0 N–H and O–H groups in total. The van der Waals surface area contributed by atoms with Gasteiger partial charge < -0.3 is 9.64 Å². The Labute approximate surface area is 123 Å². The molecule has 0 spiro atoms. The van der Waals surface area contributed by atoms with Gasteiger partial charge in [0, 0.05) is 22.3 Å². The molecule has 19 heavy (non-hydrogen) atoms. The third-order valence-electron chi connectivity index (χ3n) is 3.59. The number of halogens is 1. The number of anilines is 1. The average molecular weight is 326 g/mol. The fraction of sp³-hybridized carbons (Fsp3) is 0.533. The molecule has 2 atom stereocenters. The molecule has 0 aliphatic carbocycles. The molecule has 4 heteroatoms. The number of rotatable bonds is 3. The number of benzene rings is 1. The van der Waals surface area contributed by atoms with Crippen molar-refractivity contribution in [2.75, 3.05) is 18.1 Å². The van der Waals surface area contributed by atoms with Crippen molar-refractivity contribution >= 4 is 27.4 Å². The first-order chi connectivity index (χ1) is 9.02. The summed E-state index contributed by atoms with van der Waals surface area (Å²) in [7, 11) is 0. The molecule has 0 radical (unpaired) electrons. The van der Waals surface area contributed by atoms with Crippen LogP contribution >= 0.6 is 15.9 Å². The second kappa shape index (κ2) is 6.06. The van der Waals surface area contributed by atoms with Crippen LogP contribution in [0, 0.1) is 0 Å². The van der Waals surface area contributed by atoms with Gasteiger partial charge in [-0.3, -0.25) is 4.79 Å². The van der Waals surface area contributed by atoms with Gasteiger partial charge in [-0.2, -0.15) is 0 Å². The summed E-state index contributed by atoms with van der Waals surface area (Å²) in [4.78, 5) is 14.1. The molecule has 1 aliphatic rings. The molecule has 1 aromatic rings. The monoisotopic (exact) mass is 325 g/mol. The van der Waals surface area contributed by atoms with E-state index >= 15 is 0 Å². The highest BCUT2D eigenvalue weighted by Gasteiger charge is 2.28. The Morgan fingerprint density at radius 1 is 1.53 bits per heavy atom. The summed E-state index contributed by atoms with van der Waals surface area (Å²) in [5, 5.41) is 0. The maximum absolute atomic E-state index is 11.8. The molecule has 1 heterocycles. The summed E-state index contributed by atoms with van der Waals surface area (Å²) in [5.74, 6) is 0.108. The average Bonchev–Trinajstić information content (AvgIpc) is 2.38. The standard InChI is InChI=1S/C15H20BrNO2/c1-4-13-9-19-10(2)8-17(13)15-7-12(16)5-6-14(15)11(3)18/h5-7,10,13H,4,8-9H2,1-3H3. The van der Waals surface area contributed by atoms with Gasteiger partial charge in [0.1, 0.15) is 0 Å². The van der Waals surface area contributed by atoms with E-state index < -0.39 is 0 Å². The molecular formula is C15H20BrNO2. The first-order valence-electron chi connectivity index (χ1n) is 6.71. The Morgan fingerprint density at radius 2 is 2.26 bits per heavy atom. The molecule has 3 nitrogen and oxygen atoms in total. The van der Waals surface area contributed by atoms with E-state index in [2.05, 4.69) is 34.7 Å². The topological polar surface area (TPSA) is 29.5 Å². The van der Waals surface area contributed by atoms with Gasteiger partial charge in [-0.15, -0.1) is 0 Å². The molecule has 0 bridgehead atoms. The van der Waals surface area contributed by atoms with Crippen LogP contribution in [0.3, 0.4) is 0 Å². The molecule has 1 aliphatic heterocycles. The molecule has 2 rings (SSSR count). The zero-order valence-corrected chi connectivity index (χ0v) is 13.2. The van der Waals surface area contributed by atoms with Crippen molar-refractivity contribution in [1.82, 2.24) is 0 Å². The van der Waals surface area contributed by atoms with Gasteiger partial charge >= 0.3 is 0 Å². The van der Waals surface area contributed by atoms with E-state index in [4.69, 9.17) is 4.74 Å². The second-order valence-corrected chi connectivity index (χ2v) is 5.99. The third-order valence-corrected chi connectivity index (χ3v) is 4.08. The molecule has 0 saturated carbocycles. The number of carbonyl (C=O) groups is 1. The fourth-order valence-corrected chi connectivity index (χ4v) is 2.87. The number of Topliss-reactive ketones (excluding diaryl/α,β-unsaturated/α-hetero) is 1. The number of ketones is 1. The highest BCUT2D eigenvalue weighted by atomic mass is 79.9. The van der Waals surface area contributed by atoms with Crippen LogP contribution in [0.25, 0.3) is 0 Å². The zero-order valence-electron chi connectivity index (χ0n) is 11.6. The SMILES string of the molecule is CCC1COC(C)CN1c1cc(Br)ccc1C(C)=O. The van der Waals surface area contributed by atoms with Crippen molar-refractivity contribution in [2.45, 2.75) is 39.3 Å². The van der Waals surface area contributed by atoms with Crippen molar-refractivity contribution < 1.29 is 9.53 Å². The Kier molecular flexibility index (Phi) is 4.63. The predicted octanol–water partition coefficient (Wildman–Crippen LogP) is 3.66. The summed E-state index contributed by atoms with van der Waals surface area (Å²) in [5.41, 5.74) is 1.81. The van der Waals surface area contributed by atoms with Crippen LogP contribution in [0.1, 0.15) is 37.6 Å². The third kappa shape index (κ3) is 3.18. The molecule has 104 valence electrons. The summed E-state index contributed by atoms with van der Waals surface area (Å²) < 4.78 is 6.73. The number of hydrogen-bond donors (Lipinski definition) is 0. The molecule has 1 saturated heterocycles. The van der Waals surface area contributed by atoms with Gasteiger partial charge in [-0.1, -0.05) is 22.9 Å². The molecule has 0 aromatic heterocycles. The molecule has 0 amide bonds. The number of hydrogen-bond acceptors (Lipinski definition) is 3. The van der Waals surface area contributed by atoms with Gasteiger partial charge in [-0.25, -0.2) is 0 Å². The lowest BCUT2D eigenvalue weighted by atomic mass is 10.0. The Hall–Kier alpha value is -0.870. The van der Waals surface area contributed by atoms with Crippen LogP contribution < -0.4 is 4.90 Å². The normalized spacial score (nSPS) is 23.5. The van der Waals surface area contributed by atoms with Crippen LogP contribution in [0.5, 0.6) is 0 Å². The van der Waals surface area contributed by atoms with Gasteiger partial charge in [0.15, 0.2) is 5.78 Å². The molecule has 1 aromatic carbocycles. The van der Waals surface area contributed by atoms with Crippen molar-refractivity contribution in [1.29, 1.82) is 0 Å².